The van der Waals surface area contributed by atoms with Crippen LogP contribution in [0, 0.1) is 0 Å². The van der Waals surface area contributed by atoms with Crippen LogP contribution in [0.4, 0.5) is 0 Å². The molecule has 86 valence electrons. The minimum Gasteiger partial charge on any atom is -0.478 e. The van der Waals surface area contributed by atoms with Crippen molar-refractivity contribution in [2.45, 2.75) is 38.0 Å². The second-order valence-electron chi connectivity index (χ2n) is 4.68. The lowest BCUT2D eigenvalue weighted by atomic mass is 9.82. The number of carbonyl (C=O) groups is 1. The van der Waals surface area contributed by atoms with Crippen LogP contribution in [0.5, 0.6) is 0 Å². The van der Waals surface area contributed by atoms with Gasteiger partial charge in [0.05, 0.1) is 5.56 Å². The maximum atomic E-state index is 11.2. The van der Waals surface area contributed by atoms with E-state index in [0.29, 0.717) is 11.5 Å². The largest absolute Gasteiger partial charge is 0.478 e. The summed E-state index contributed by atoms with van der Waals surface area (Å²) < 4.78 is 0. The minimum absolute atomic E-state index is 0.494. The molecule has 0 heterocycles. The molecule has 1 fully saturated rings. The van der Waals surface area contributed by atoms with Gasteiger partial charge in [0.2, 0.25) is 0 Å². The van der Waals surface area contributed by atoms with Crippen LogP contribution in [-0.4, -0.2) is 21.3 Å². The third-order valence-electron chi connectivity index (χ3n) is 3.57. The highest BCUT2D eigenvalue weighted by Crippen LogP contribution is 2.33. The number of hydrogen-bond acceptors (Lipinski definition) is 1. The van der Waals surface area contributed by atoms with Crippen LogP contribution in [0.2, 0.25) is 0 Å². The van der Waals surface area contributed by atoms with Gasteiger partial charge in [0, 0.05) is 10.2 Å². The third kappa shape index (κ3) is 2.19. The summed E-state index contributed by atoms with van der Waals surface area (Å²) in [6, 6.07) is 5.72. The van der Waals surface area contributed by atoms with E-state index in [1.807, 2.05) is 6.07 Å². The second-order valence-corrected chi connectivity index (χ2v) is 5.75. The van der Waals surface area contributed by atoms with Crippen molar-refractivity contribution in [1.29, 1.82) is 0 Å². The Bertz CT molecular complexity index is 395. The molecule has 0 bridgehead atoms. The van der Waals surface area contributed by atoms with Gasteiger partial charge in [-0.05, 0) is 30.4 Å². The summed E-state index contributed by atoms with van der Waals surface area (Å²) in [5.74, 6) is -0.271. The quantitative estimate of drug-likeness (QED) is 0.786. The Labute approximate surface area is 99.1 Å². The number of hydrogen-bond donors (Lipinski definition) is 1. The van der Waals surface area contributed by atoms with E-state index < -0.39 is 5.97 Å². The Morgan fingerprint density at radius 1 is 1.25 bits per heavy atom. The average molecular weight is 234 g/mol. The summed E-state index contributed by atoms with van der Waals surface area (Å²) in [5, 5.41) is 10.5. The molecule has 2 rings (SSSR count). The summed E-state index contributed by atoms with van der Waals surface area (Å²) in [7, 11) is 0.940. The maximum Gasteiger partial charge on any atom is 0.335 e. The first-order valence-electron chi connectivity index (χ1n) is 6.03. The van der Waals surface area contributed by atoms with Gasteiger partial charge in [-0.2, -0.15) is 0 Å². The molecular formula is C13H18O2Si. The Kier molecular flexibility index (Phi) is 3.44. The first-order valence-corrected chi connectivity index (χ1v) is 7.03. The molecular weight excluding hydrogens is 216 g/mol. The number of carboxylic acids is 1. The van der Waals surface area contributed by atoms with Crippen LogP contribution in [0.25, 0.3) is 0 Å². The molecule has 1 aromatic rings. The summed E-state index contributed by atoms with van der Waals surface area (Å²) in [4.78, 5) is 11.2. The van der Waals surface area contributed by atoms with Gasteiger partial charge in [-0.1, -0.05) is 36.6 Å². The number of carboxylic acid groups (broad SMARTS) is 1. The van der Waals surface area contributed by atoms with Gasteiger partial charge in [0.1, 0.15) is 0 Å². The van der Waals surface area contributed by atoms with Gasteiger partial charge in [-0.25, -0.2) is 4.79 Å². The van der Waals surface area contributed by atoms with Crippen molar-refractivity contribution in [3.05, 3.63) is 29.3 Å². The third-order valence-corrected chi connectivity index (χ3v) is 4.44. The molecule has 0 amide bonds. The van der Waals surface area contributed by atoms with Crippen LogP contribution >= 0.6 is 0 Å². The van der Waals surface area contributed by atoms with Gasteiger partial charge >= 0.3 is 5.97 Å². The fourth-order valence-corrected chi connectivity index (χ4v) is 3.67. The molecule has 2 nitrogen and oxygen atoms in total. The normalized spacial score (nSPS) is 17.5. The van der Waals surface area contributed by atoms with E-state index in [4.69, 9.17) is 0 Å². The molecule has 0 spiro atoms. The first-order chi connectivity index (χ1) is 7.70. The summed E-state index contributed by atoms with van der Waals surface area (Å²) >= 11 is 0. The van der Waals surface area contributed by atoms with Crippen molar-refractivity contribution in [1.82, 2.24) is 0 Å². The standard InChI is InChI=1S/C13H18O2Si/c14-13(15)10-7-4-8-11(16)12(10)9-5-2-1-3-6-9/h4,7-9H,1-3,5-6H2,16H3,(H,14,15). The van der Waals surface area contributed by atoms with Gasteiger partial charge in [0.25, 0.3) is 0 Å². The molecule has 0 unspecified atom stereocenters. The molecule has 1 aliphatic rings. The first kappa shape index (κ1) is 11.4. The molecule has 0 aromatic heterocycles. The van der Waals surface area contributed by atoms with Crippen molar-refractivity contribution in [3.63, 3.8) is 0 Å². The molecule has 0 radical (unpaired) electrons. The monoisotopic (exact) mass is 234 g/mol. The molecule has 1 saturated carbocycles. The van der Waals surface area contributed by atoms with E-state index in [2.05, 4.69) is 6.07 Å². The van der Waals surface area contributed by atoms with E-state index in [9.17, 15) is 9.90 Å². The van der Waals surface area contributed by atoms with E-state index in [0.717, 1.165) is 15.8 Å². The van der Waals surface area contributed by atoms with Gasteiger partial charge in [0.15, 0.2) is 0 Å². The molecule has 0 saturated heterocycles. The molecule has 16 heavy (non-hydrogen) atoms. The molecule has 3 heteroatoms. The van der Waals surface area contributed by atoms with Gasteiger partial charge in [-0.3, -0.25) is 0 Å². The van der Waals surface area contributed by atoms with Crippen LogP contribution < -0.4 is 5.19 Å². The lowest BCUT2D eigenvalue weighted by molar-refractivity contribution is 0.0695. The zero-order chi connectivity index (χ0) is 11.5. The highest BCUT2D eigenvalue weighted by atomic mass is 28.1. The second kappa shape index (κ2) is 4.83. The Morgan fingerprint density at radius 2 is 1.94 bits per heavy atom. The number of aromatic carboxylic acids is 1. The highest BCUT2D eigenvalue weighted by Gasteiger charge is 2.22. The van der Waals surface area contributed by atoms with Crippen molar-refractivity contribution < 1.29 is 9.90 Å². The fraction of sp³-hybridized carbons (Fsp3) is 0.462. The van der Waals surface area contributed by atoms with Crippen LogP contribution in [0.15, 0.2) is 18.2 Å². The van der Waals surface area contributed by atoms with Crippen LogP contribution in [0.1, 0.15) is 53.9 Å². The number of benzene rings is 1. The minimum atomic E-state index is -0.765. The Hall–Kier alpha value is -1.09. The number of rotatable bonds is 2. The van der Waals surface area contributed by atoms with E-state index in [1.54, 1.807) is 6.07 Å². The van der Waals surface area contributed by atoms with Crippen LogP contribution in [0.3, 0.4) is 0 Å². The van der Waals surface area contributed by atoms with Crippen LogP contribution in [-0.2, 0) is 0 Å². The highest BCUT2D eigenvalue weighted by molar-refractivity contribution is 6.34. The van der Waals surface area contributed by atoms with Crippen molar-refractivity contribution in [2.75, 3.05) is 0 Å². The van der Waals surface area contributed by atoms with Crippen molar-refractivity contribution in [3.8, 4) is 0 Å². The summed E-state index contributed by atoms with van der Waals surface area (Å²) in [5.41, 5.74) is 1.68. The van der Waals surface area contributed by atoms with Crippen molar-refractivity contribution >= 4 is 21.4 Å². The summed E-state index contributed by atoms with van der Waals surface area (Å²) in [6.45, 7) is 0. The predicted molar refractivity (Wildman–Crippen MR) is 68.8 cm³/mol. The smallest absolute Gasteiger partial charge is 0.335 e. The van der Waals surface area contributed by atoms with Crippen molar-refractivity contribution in [2.24, 2.45) is 0 Å². The predicted octanol–water partition coefficient (Wildman–Crippen LogP) is 1.42. The fourth-order valence-electron chi connectivity index (χ4n) is 2.80. The lowest BCUT2D eigenvalue weighted by Gasteiger charge is -2.25. The van der Waals surface area contributed by atoms with Gasteiger partial charge < -0.3 is 5.11 Å². The SMILES string of the molecule is O=C(O)c1cccc([SiH3])c1C1CCCCC1. The molecule has 0 aliphatic heterocycles. The van der Waals surface area contributed by atoms with E-state index in [1.165, 1.54) is 37.3 Å². The maximum absolute atomic E-state index is 11.2. The Morgan fingerprint density at radius 3 is 2.56 bits per heavy atom. The Balaban J connectivity index is 2.40. The zero-order valence-corrected chi connectivity index (χ0v) is 11.7. The average Bonchev–Trinajstić information content (AvgIpc) is 2.29. The van der Waals surface area contributed by atoms with E-state index in [-0.39, 0.29) is 0 Å². The van der Waals surface area contributed by atoms with Gasteiger partial charge in [-0.15, -0.1) is 0 Å². The summed E-state index contributed by atoms with van der Waals surface area (Å²) in [6.07, 6.45) is 6.14. The lowest BCUT2D eigenvalue weighted by Crippen LogP contribution is -2.21. The van der Waals surface area contributed by atoms with E-state index >= 15 is 0 Å². The molecule has 1 aliphatic carbocycles. The zero-order valence-electron chi connectivity index (χ0n) is 9.70. The molecule has 0 atom stereocenters. The molecule has 1 aromatic carbocycles. The molecule has 1 N–H and O–H groups in total. The topological polar surface area (TPSA) is 37.3 Å².